The zero-order chi connectivity index (χ0) is 12.8. The van der Waals surface area contributed by atoms with E-state index in [0.29, 0.717) is 17.9 Å². The number of benzene rings is 1. The number of hydrogen-bond acceptors (Lipinski definition) is 4. The van der Waals surface area contributed by atoms with Crippen LogP contribution in [-0.4, -0.2) is 38.1 Å². The Labute approximate surface area is 102 Å². The highest BCUT2D eigenvalue weighted by molar-refractivity contribution is 5.90. The van der Waals surface area contributed by atoms with Crippen molar-refractivity contribution in [1.29, 1.82) is 0 Å². The summed E-state index contributed by atoms with van der Waals surface area (Å²) in [6, 6.07) is 5.24. The van der Waals surface area contributed by atoms with E-state index >= 15 is 0 Å². The van der Waals surface area contributed by atoms with E-state index < -0.39 is 0 Å². The van der Waals surface area contributed by atoms with E-state index in [0.717, 1.165) is 18.5 Å². The van der Waals surface area contributed by atoms with Gasteiger partial charge in [-0.3, -0.25) is 0 Å². The summed E-state index contributed by atoms with van der Waals surface area (Å²) >= 11 is 0. The molecule has 0 aliphatic heterocycles. The van der Waals surface area contributed by atoms with Crippen LogP contribution in [0.3, 0.4) is 0 Å². The van der Waals surface area contributed by atoms with Crippen LogP contribution in [0.2, 0.25) is 0 Å². The van der Waals surface area contributed by atoms with E-state index in [9.17, 15) is 4.79 Å². The summed E-state index contributed by atoms with van der Waals surface area (Å²) in [5.41, 5.74) is 7.75. The largest absolute Gasteiger partial charge is 0.462 e. The first-order valence-corrected chi connectivity index (χ1v) is 5.68. The van der Waals surface area contributed by atoms with Crippen molar-refractivity contribution in [3.8, 4) is 0 Å². The molecule has 0 saturated heterocycles. The van der Waals surface area contributed by atoms with Gasteiger partial charge in [0.1, 0.15) is 0 Å². The summed E-state index contributed by atoms with van der Waals surface area (Å²) in [5, 5.41) is 0. The van der Waals surface area contributed by atoms with E-state index in [1.54, 1.807) is 12.1 Å². The van der Waals surface area contributed by atoms with Crippen molar-refractivity contribution in [2.24, 2.45) is 0 Å². The lowest BCUT2D eigenvalue weighted by atomic mass is 10.1. The number of nitrogens with two attached hydrogens (primary N) is 1. The minimum absolute atomic E-state index is 0.306. The van der Waals surface area contributed by atoms with Crippen LogP contribution in [0, 0.1) is 6.92 Å². The molecule has 0 aromatic heterocycles. The lowest BCUT2D eigenvalue weighted by Gasteiger charge is -2.10. The molecular formula is C13H20N2O2. The first kappa shape index (κ1) is 13.5. The molecule has 0 aliphatic carbocycles. The molecule has 1 rings (SSSR count). The molecular weight excluding hydrogens is 216 g/mol. The molecule has 0 atom stereocenters. The van der Waals surface area contributed by atoms with Crippen LogP contribution in [0.5, 0.6) is 0 Å². The van der Waals surface area contributed by atoms with Crippen molar-refractivity contribution in [3.63, 3.8) is 0 Å². The predicted molar refractivity (Wildman–Crippen MR) is 69.0 cm³/mol. The van der Waals surface area contributed by atoms with Gasteiger partial charge in [0.25, 0.3) is 0 Å². The molecule has 4 nitrogen and oxygen atoms in total. The first-order valence-electron chi connectivity index (χ1n) is 5.68. The number of esters is 1. The topological polar surface area (TPSA) is 55.6 Å². The summed E-state index contributed by atoms with van der Waals surface area (Å²) in [6.07, 6.45) is 0.833. The van der Waals surface area contributed by atoms with Crippen molar-refractivity contribution < 1.29 is 9.53 Å². The van der Waals surface area contributed by atoms with Gasteiger partial charge in [0.2, 0.25) is 0 Å². The van der Waals surface area contributed by atoms with E-state index in [1.807, 2.05) is 27.1 Å². The first-order chi connectivity index (χ1) is 7.99. The quantitative estimate of drug-likeness (QED) is 0.480. The van der Waals surface area contributed by atoms with Gasteiger partial charge in [0, 0.05) is 12.2 Å². The van der Waals surface area contributed by atoms with Crippen molar-refractivity contribution in [1.82, 2.24) is 4.90 Å². The number of carbonyl (C=O) groups excluding carboxylic acids is 1. The number of rotatable bonds is 5. The van der Waals surface area contributed by atoms with Crippen molar-refractivity contribution in [3.05, 3.63) is 29.3 Å². The van der Waals surface area contributed by atoms with Gasteiger partial charge >= 0.3 is 5.97 Å². The fraction of sp³-hybridized carbons (Fsp3) is 0.462. The molecule has 0 radical (unpaired) electrons. The fourth-order valence-electron chi connectivity index (χ4n) is 1.56. The Morgan fingerprint density at radius 2 is 2.06 bits per heavy atom. The minimum atomic E-state index is -0.306. The lowest BCUT2D eigenvalue weighted by molar-refractivity contribution is 0.0493. The van der Waals surface area contributed by atoms with Crippen LogP contribution >= 0.6 is 0 Å². The third-order valence-corrected chi connectivity index (χ3v) is 2.32. The molecule has 2 N–H and O–H groups in total. The minimum Gasteiger partial charge on any atom is -0.462 e. The summed E-state index contributed by atoms with van der Waals surface area (Å²) in [7, 11) is 3.98. The van der Waals surface area contributed by atoms with E-state index in [-0.39, 0.29) is 5.97 Å². The van der Waals surface area contributed by atoms with Gasteiger partial charge < -0.3 is 15.4 Å². The molecule has 0 fully saturated rings. The molecule has 0 bridgehead atoms. The Balaban J connectivity index is 2.47. The normalized spacial score (nSPS) is 10.6. The molecule has 4 heteroatoms. The lowest BCUT2D eigenvalue weighted by Crippen LogP contribution is -2.16. The maximum atomic E-state index is 11.7. The number of anilines is 1. The molecule has 0 heterocycles. The average molecular weight is 236 g/mol. The SMILES string of the molecule is Cc1cc(N)cc(C(=O)OCCCN(C)C)c1. The Morgan fingerprint density at radius 1 is 1.35 bits per heavy atom. The molecule has 94 valence electrons. The second-order valence-electron chi connectivity index (χ2n) is 4.43. The van der Waals surface area contributed by atoms with Gasteiger partial charge in [-0.25, -0.2) is 4.79 Å². The zero-order valence-electron chi connectivity index (χ0n) is 10.7. The zero-order valence-corrected chi connectivity index (χ0v) is 10.7. The molecule has 0 amide bonds. The van der Waals surface area contributed by atoms with Crippen molar-refractivity contribution >= 4 is 11.7 Å². The highest BCUT2D eigenvalue weighted by atomic mass is 16.5. The van der Waals surface area contributed by atoms with Crippen LogP contribution in [0.4, 0.5) is 5.69 Å². The van der Waals surface area contributed by atoms with E-state index in [2.05, 4.69) is 4.90 Å². The van der Waals surface area contributed by atoms with Crippen molar-refractivity contribution in [2.75, 3.05) is 33.0 Å². The number of hydrogen-bond donors (Lipinski definition) is 1. The standard InChI is InChI=1S/C13H20N2O2/c1-10-7-11(9-12(14)8-10)13(16)17-6-4-5-15(2)3/h7-9H,4-6,14H2,1-3H3. The summed E-state index contributed by atoms with van der Waals surface area (Å²) in [5.74, 6) is -0.306. The van der Waals surface area contributed by atoms with Crippen molar-refractivity contribution in [2.45, 2.75) is 13.3 Å². The molecule has 0 unspecified atom stereocenters. The van der Waals surface area contributed by atoms with Crippen LogP contribution in [0.25, 0.3) is 0 Å². The summed E-state index contributed by atoms with van der Waals surface area (Å²) < 4.78 is 5.17. The fourth-order valence-corrected chi connectivity index (χ4v) is 1.56. The average Bonchev–Trinajstić information content (AvgIpc) is 2.22. The van der Waals surface area contributed by atoms with Gasteiger partial charge in [-0.1, -0.05) is 0 Å². The van der Waals surface area contributed by atoms with Gasteiger partial charge in [-0.2, -0.15) is 0 Å². The number of nitrogens with zero attached hydrogens (tertiary/aromatic N) is 1. The van der Waals surface area contributed by atoms with Gasteiger partial charge in [-0.05, 0) is 51.2 Å². The van der Waals surface area contributed by atoms with Gasteiger partial charge in [0.05, 0.1) is 12.2 Å². The Kier molecular flexibility index (Phi) is 4.97. The Morgan fingerprint density at radius 3 is 2.65 bits per heavy atom. The third-order valence-electron chi connectivity index (χ3n) is 2.32. The summed E-state index contributed by atoms with van der Waals surface area (Å²) in [6.45, 7) is 3.24. The maximum Gasteiger partial charge on any atom is 0.338 e. The predicted octanol–water partition coefficient (Wildman–Crippen LogP) is 1.69. The number of ether oxygens (including phenoxy) is 1. The smallest absolute Gasteiger partial charge is 0.338 e. The third kappa shape index (κ3) is 4.87. The number of carbonyl (C=O) groups is 1. The van der Waals surface area contributed by atoms with Gasteiger partial charge in [-0.15, -0.1) is 0 Å². The van der Waals surface area contributed by atoms with Crippen LogP contribution < -0.4 is 5.73 Å². The monoisotopic (exact) mass is 236 g/mol. The number of nitrogen functional groups attached to an aromatic ring is 1. The van der Waals surface area contributed by atoms with Crippen LogP contribution in [0.15, 0.2) is 18.2 Å². The molecule has 17 heavy (non-hydrogen) atoms. The number of aryl methyl sites for hydroxylation is 1. The van der Waals surface area contributed by atoms with E-state index in [1.165, 1.54) is 0 Å². The Hall–Kier alpha value is -1.55. The highest BCUT2D eigenvalue weighted by Gasteiger charge is 2.08. The molecule has 1 aromatic rings. The van der Waals surface area contributed by atoms with Crippen LogP contribution in [0.1, 0.15) is 22.3 Å². The molecule has 0 aliphatic rings. The second kappa shape index (κ2) is 6.25. The second-order valence-corrected chi connectivity index (χ2v) is 4.43. The Bertz CT molecular complexity index is 369. The highest BCUT2D eigenvalue weighted by Crippen LogP contribution is 2.12. The van der Waals surface area contributed by atoms with Gasteiger partial charge in [0.15, 0.2) is 0 Å². The maximum absolute atomic E-state index is 11.7. The molecule has 1 aromatic carbocycles. The van der Waals surface area contributed by atoms with E-state index in [4.69, 9.17) is 10.5 Å². The van der Waals surface area contributed by atoms with Crippen LogP contribution in [-0.2, 0) is 4.74 Å². The summed E-state index contributed by atoms with van der Waals surface area (Å²) in [4.78, 5) is 13.8. The molecule has 0 saturated carbocycles. The molecule has 0 spiro atoms.